The van der Waals surface area contributed by atoms with Crippen molar-refractivity contribution < 1.29 is 33.6 Å². The molecule has 40 heavy (non-hydrogen) atoms. The van der Waals surface area contributed by atoms with Crippen LogP contribution in [0.25, 0.3) is 5.76 Å². The number of hydrogen-bond acceptors (Lipinski definition) is 8. The first-order valence-electron chi connectivity index (χ1n) is 13.6. The van der Waals surface area contributed by atoms with E-state index in [0.717, 1.165) is 25.2 Å². The first-order chi connectivity index (χ1) is 19.4. The second-order valence-corrected chi connectivity index (χ2v) is 9.72. The van der Waals surface area contributed by atoms with Crippen molar-refractivity contribution in [1.29, 1.82) is 0 Å². The summed E-state index contributed by atoms with van der Waals surface area (Å²) >= 11 is 0. The molecular formula is C31H38N2O7. The number of benzene rings is 2. The Kier molecular flexibility index (Phi) is 9.84. The number of aryl methyl sites for hydroxylation is 1. The number of hydrogen-bond donors (Lipinski definition) is 1. The normalized spacial score (nSPS) is 19.1. The van der Waals surface area contributed by atoms with Gasteiger partial charge in [-0.3, -0.25) is 14.5 Å². The number of amides is 1. The van der Waals surface area contributed by atoms with Crippen LogP contribution in [-0.2, 0) is 14.3 Å². The first-order valence-corrected chi connectivity index (χ1v) is 13.6. The molecule has 1 N–H and O–H groups in total. The lowest BCUT2D eigenvalue weighted by atomic mass is 9.93. The van der Waals surface area contributed by atoms with Crippen LogP contribution in [0.4, 0.5) is 0 Å². The van der Waals surface area contributed by atoms with Gasteiger partial charge in [0.1, 0.15) is 18.1 Å². The number of nitrogens with zero attached hydrogens (tertiary/aromatic N) is 2. The highest BCUT2D eigenvalue weighted by atomic mass is 16.5. The standard InChI is InChI=1S/C31H38N2O7/c1-5-16-40-25-11-8-22(20-26(25)37-4)28-27(29(34)24-10-9-23(39-6-2)19-21(24)3)30(35)31(36)33(28)13-7-12-32-14-17-38-18-15-32/h5,8-11,19-20,28,34H,1,6-7,12-18H2,2-4H3/b29-27+. The second kappa shape index (κ2) is 13.5. The summed E-state index contributed by atoms with van der Waals surface area (Å²) in [5, 5.41) is 11.5. The van der Waals surface area contributed by atoms with E-state index in [9.17, 15) is 14.7 Å². The molecule has 4 rings (SSSR count). The van der Waals surface area contributed by atoms with Gasteiger partial charge in [-0.15, -0.1) is 0 Å². The molecule has 2 heterocycles. The summed E-state index contributed by atoms with van der Waals surface area (Å²) in [6.45, 7) is 12.4. The lowest BCUT2D eigenvalue weighted by Crippen LogP contribution is -2.39. The molecule has 9 nitrogen and oxygen atoms in total. The Morgan fingerprint density at radius 1 is 1.10 bits per heavy atom. The fraction of sp³-hybridized carbons (Fsp3) is 0.419. The van der Waals surface area contributed by atoms with Crippen LogP contribution >= 0.6 is 0 Å². The summed E-state index contributed by atoms with van der Waals surface area (Å²) in [6, 6.07) is 9.76. The summed E-state index contributed by atoms with van der Waals surface area (Å²) in [5.41, 5.74) is 1.88. The van der Waals surface area contributed by atoms with Gasteiger partial charge in [0.25, 0.3) is 11.7 Å². The number of rotatable bonds is 12. The van der Waals surface area contributed by atoms with Crippen LogP contribution in [0.15, 0.2) is 54.6 Å². The maximum Gasteiger partial charge on any atom is 0.295 e. The van der Waals surface area contributed by atoms with Gasteiger partial charge in [0.15, 0.2) is 11.5 Å². The van der Waals surface area contributed by atoms with Crippen LogP contribution in [0, 0.1) is 6.92 Å². The number of aliphatic hydroxyl groups excluding tert-OH is 1. The number of ether oxygens (including phenoxy) is 4. The quantitative estimate of drug-likeness (QED) is 0.183. The van der Waals surface area contributed by atoms with Crippen LogP contribution in [-0.4, -0.2) is 86.3 Å². The molecule has 2 saturated heterocycles. The highest BCUT2D eigenvalue weighted by Crippen LogP contribution is 2.42. The molecule has 0 aromatic heterocycles. The smallest absolute Gasteiger partial charge is 0.295 e. The van der Waals surface area contributed by atoms with E-state index in [2.05, 4.69) is 11.5 Å². The van der Waals surface area contributed by atoms with Gasteiger partial charge < -0.3 is 29.0 Å². The maximum absolute atomic E-state index is 13.5. The molecule has 9 heteroatoms. The van der Waals surface area contributed by atoms with Gasteiger partial charge in [0.05, 0.1) is 38.5 Å². The average molecular weight is 551 g/mol. The van der Waals surface area contributed by atoms with Gasteiger partial charge in [-0.05, 0) is 61.7 Å². The second-order valence-electron chi connectivity index (χ2n) is 9.72. The minimum Gasteiger partial charge on any atom is -0.507 e. The van der Waals surface area contributed by atoms with E-state index in [4.69, 9.17) is 18.9 Å². The number of methoxy groups -OCH3 is 1. The Labute approximate surface area is 235 Å². The lowest BCUT2D eigenvalue weighted by molar-refractivity contribution is -0.140. The van der Waals surface area contributed by atoms with Crippen LogP contribution in [0.2, 0.25) is 0 Å². The summed E-state index contributed by atoms with van der Waals surface area (Å²) < 4.78 is 22.3. The number of carbonyl (C=O) groups is 2. The van der Waals surface area contributed by atoms with Crippen LogP contribution < -0.4 is 14.2 Å². The van der Waals surface area contributed by atoms with Crippen LogP contribution in [0.3, 0.4) is 0 Å². The number of morpholine rings is 1. The molecule has 0 aliphatic carbocycles. The average Bonchev–Trinajstić information content (AvgIpc) is 3.21. The van der Waals surface area contributed by atoms with Crippen molar-refractivity contribution in [3.8, 4) is 17.2 Å². The highest BCUT2D eigenvalue weighted by Gasteiger charge is 2.46. The fourth-order valence-corrected chi connectivity index (χ4v) is 5.17. The van der Waals surface area contributed by atoms with Gasteiger partial charge >= 0.3 is 0 Å². The van der Waals surface area contributed by atoms with Crippen molar-refractivity contribution in [2.24, 2.45) is 0 Å². The van der Waals surface area contributed by atoms with Crippen molar-refractivity contribution in [1.82, 2.24) is 9.80 Å². The van der Waals surface area contributed by atoms with E-state index < -0.39 is 17.7 Å². The predicted octanol–water partition coefficient (Wildman–Crippen LogP) is 4.11. The van der Waals surface area contributed by atoms with Crippen molar-refractivity contribution in [2.45, 2.75) is 26.3 Å². The summed E-state index contributed by atoms with van der Waals surface area (Å²) in [5.74, 6) is 0.0616. The van der Waals surface area contributed by atoms with E-state index in [1.807, 2.05) is 13.8 Å². The molecule has 1 unspecified atom stereocenters. The van der Waals surface area contributed by atoms with E-state index in [1.165, 1.54) is 7.11 Å². The predicted molar refractivity (Wildman–Crippen MR) is 152 cm³/mol. The highest BCUT2D eigenvalue weighted by molar-refractivity contribution is 6.46. The van der Waals surface area contributed by atoms with Crippen LogP contribution in [0.5, 0.6) is 17.2 Å². The topological polar surface area (TPSA) is 97.8 Å². The molecule has 2 aliphatic heterocycles. The summed E-state index contributed by atoms with van der Waals surface area (Å²) in [4.78, 5) is 30.7. The molecule has 1 amide bonds. The van der Waals surface area contributed by atoms with Gasteiger partial charge in [-0.25, -0.2) is 0 Å². The molecule has 1 atom stereocenters. The molecule has 2 aromatic carbocycles. The Hall–Kier alpha value is -3.82. The minimum absolute atomic E-state index is 0.0467. The van der Waals surface area contributed by atoms with Crippen molar-refractivity contribution in [3.05, 3.63) is 71.3 Å². The van der Waals surface area contributed by atoms with Crippen molar-refractivity contribution >= 4 is 17.4 Å². The Balaban J connectivity index is 1.74. The molecule has 2 fully saturated rings. The third-order valence-electron chi connectivity index (χ3n) is 7.14. The maximum atomic E-state index is 13.5. The van der Waals surface area contributed by atoms with E-state index in [-0.39, 0.29) is 11.3 Å². The van der Waals surface area contributed by atoms with E-state index in [1.54, 1.807) is 47.4 Å². The van der Waals surface area contributed by atoms with Gasteiger partial charge in [-0.1, -0.05) is 18.7 Å². The molecule has 0 spiro atoms. The number of aliphatic hydroxyl groups is 1. The number of Topliss-reactive ketones (excluding diaryl/α,β-unsaturated/α-hetero) is 1. The van der Waals surface area contributed by atoms with E-state index in [0.29, 0.717) is 67.8 Å². The van der Waals surface area contributed by atoms with Gasteiger partial charge in [0.2, 0.25) is 0 Å². The molecule has 214 valence electrons. The molecule has 0 radical (unpaired) electrons. The SMILES string of the molecule is C=CCOc1ccc(C2/C(=C(\O)c3ccc(OCC)cc3C)C(=O)C(=O)N2CCCN2CCOCC2)cc1OC. The molecule has 2 aliphatic rings. The Bertz CT molecular complexity index is 1270. The third-order valence-corrected chi connectivity index (χ3v) is 7.14. The first kappa shape index (κ1) is 29.2. The zero-order chi connectivity index (χ0) is 28.6. The Morgan fingerprint density at radius 2 is 1.88 bits per heavy atom. The molecular weight excluding hydrogens is 512 g/mol. The minimum atomic E-state index is -0.794. The Morgan fingerprint density at radius 3 is 2.55 bits per heavy atom. The zero-order valence-electron chi connectivity index (χ0n) is 23.5. The van der Waals surface area contributed by atoms with E-state index >= 15 is 0 Å². The molecule has 0 bridgehead atoms. The van der Waals surface area contributed by atoms with Gasteiger partial charge in [0, 0.05) is 31.7 Å². The molecule has 2 aromatic rings. The number of likely N-dealkylation sites (tertiary alicyclic amines) is 1. The number of carbonyl (C=O) groups excluding carboxylic acids is 2. The van der Waals surface area contributed by atoms with Gasteiger partial charge in [-0.2, -0.15) is 0 Å². The van der Waals surface area contributed by atoms with Crippen LogP contribution in [0.1, 0.15) is 36.1 Å². The zero-order valence-corrected chi connectivity index (χ0v) is 23.5. The number of ketones is 1. The van der Waals surface area contributed by atoms with Crippen molar-refractivity contribution in [3.63, 3.8) is 0 Å². The lowest BCUT2D eigenvalue weighted by Gasteiger charge is -2.29. The monoisotopic (exact) mass is 550 g/mol. The summed E-state index contributed by atoms with van der Waals surface area (Å²) in [6.07, 6.45) is 2.30. The summed E-state index contributed by atoms with van der Waals surface area (Å²) in [7, 11) is 1.53. The fourth-order valence-electron chi connectivity index (χ4n) is 5.17. The van der Waals surface area contributed by atoms with Crippen molar-refractivity contribution in [2.75, 3.05) is 59.7 Å². The third kappa shape index (κ3) is 6.32. The largest absolute Gasteiger partial charge is 0.507 e. The molecule has 0 saturated carbocycles.